The third-order valence-electron chi connectivity index (χ3n) is 3.50. The van der Waals surface area contributed by atoms with Crippen LogP contribution in [0.15, 0.2) is 18.2 Å². The quantitative estimate of drug-likeness (QED) is 0.891. The SMILES string of the molecule is O=C(c1ccc(F)cc1F)N(CCCO)C1CCC1. The van der Waals surface area contributed by atoms with Gasteiger partial charge in [-0.2, -0.15) is 0 Å². The number of aliphatic hydroxyl groups is 1. The first kappa shape index (κ1) is 13.9. The number of hydrogen-bond acceptors (Lipinski definition) is 2. The fourth-order valence-corrected chi connectivity index (χ4v) is 2.21. The molecule has 0 bridgehead atoms. The van der Waals surface area contributed by atoms with Crippen LogP contribution in [-0.2, 0) is 0 Å². The number of carbonyl (C=O) groups excluding carboxylic acids is 1. The lowest BCUT2D eigenvalue weighted by Gasteiger charge is -2.37. The van der Waals surface area contributed by atoms with E-state index < -0.39 is 17.5 Å². The molecule has 3 nitrogen and oxygen atoms in total. The van der Waals surface area contributed by atoms with Gasteiger partial charge in [-0.3, -0.25) is 4.79 Å². The summed E-state index contributed by atoms with van der Waals surface area (Å²) in [5.74, 6) is -1.95. The highest BCUT2D eigenvalue weighted by Crippen LogP contribution is 2.27. The van der Waals surface area contributed by atoms with Crippen molar-refractivity contribution >= 4 is 5.91 Å². The van der Waals surface area contributed by atoms with Crippen LogP contribution in [-0.4, -0.2) is 35.1 Å². The van der Waals surface area contributed by atoms with Gasteiger partial charge in [0.15, 0.2) is 0 Å². The van der Waals surface area contributed by atoms with Crippen LogP contribution in [0.2, 0.25) is 0 Å². The lowest BCUT2D eigenvalue weighted by atomic mass is 9.90. The smallest absolute Gasteiger partial charge is 0.257 e. The average molecular weight is 269 g/mol. The number of aliphatic hydroxyl groups excluding tert-OH is 1. The Morgan fingerprint density at radius 1 is 1.37 bits per heavy atom. The van der Waals surface area contributed by atoms with E-state index in [0.717, 1.165) is 31.4 Å². The molecule has 0 unspecified atom stereocenters. The van der Waals surface area contributed by atoms with E-state index in [0.29, 0.717) is 13.0 Å². The number of nitrogens with zero attached hydrogens (tertiary/aromatic N) is 1. The molecule has 1 saturated carbocycles. The lowest BCUT2D eigenvalue weighted by Crippen LogP contribution is -2.45. The van der Waals surface area contributed by atoms with Crippen molar-refractivity contribution in [1.29, 1.82) is 0 Å². The van der Waals surface area contributed by atoms with Crippen molar-refractivity contribution in [3.05, 3.63) is 35.4 Å². The van der Waals surface area contributed by atoms with Crippen LogP contribution in [0.4, 0.5) is 8.78 Å². The fraction of sp³-hybridized carbons (Fsp3) is 0.500. The molecule has 1 fully saturated rings. The molecule has 0 atom stereocenters. The van der Waals surface area contributed by atoms with E-state index in [9.17, 15) is 13.6 Å². The molecule has 1 aromatic rings. The first-order valence-electron chi connectivity index (χ1n) is 6.50. The number of benzene rings is 1. The molecule has 1 aromatic carbocycles. The normalized spacial score (nSPS) is 15.1. The summed E-state index contributed by atoms with van der Waals surface area (Å²) in [5.41, 5.74) is -0.105. The van der Waals surface area contributed by atoms with Crippen LogP contribution in [0.5, 0.6) is 0 Å². The predicted octanol–water partition coefficient (Wildman–Crippen LogP) is 2.34. The Morgan fingerprint density at radius 2 is 2.11 bits per heavy atom. The van der Waals surface area contributed by atoms with Gasteiger partial charge < -0.3 is 10.0 Å². The van der Waals surface area contributed by atoms with Crippen LogP contribution in [0, 0.1) is 11.6 Å². The Kier molecular flexibility index (Phi) is 4.47. The highest BCUT2D eigenvalue weighted by atomic mass is 19.1. The zero-order valence-electron chi connectivity index (χ0n) is 10.6. The third kappa shape index (κ3) is 3.10. The summed E-state index contributed by atoms with van der Waals surface area (Å²) < 4.78 is 26.5. The molecule has 0 heterocycles. The summed E-state index contributed by atoms with van der Waals surface area (Å²) in [6.45, 7) is 0.388. The minimum Gasteiger partial charge on any atom is -0.396 e. The van der Waals surface area contributed by atoms with Crippen molar-refractivity contribution < 1.29 is 18.7 Å². The second-order valence-electron chi connectivity index (χ2n) is 4.78. The van der Waals surface area contributed by atoms with Crippen molar-refractivity contribution in [3.63, 3.8) is 0 Å². The van der Waals surface area contributed by atoms with Gasteiger partial charge in [0, 0.05) is 25.3 Å². The largest absolute Gasteiger partial charge is 0.396 e. The van der Waals surface area contributed by atoms with E-state index in [-0.39, 0.29) is 18.2 Å². The van der Waals surface area contributed by atoms with Crippen LogP contribution < -0.4 is 0 Å². The summed E-state index contributed by atoms with van der Waals surface area (Å²) in [7, 11) is 0. The maximum atomic E-state index is 13.6. The second-order valence-corrected chi connectivity index (χ2v) is 4.78. The van der Waals surface area contributed by atoms with E-state index in [2.05, 4.69) is 0 Å². The maximum Gasteiger partial charge on any atom is 0.257 e. The number of hydrogen-bond donors (Lipinski definition) is 1. The van der Waals surface area contributed by atoms with E-state index in [1.54, 1.807) is 4.90 Å². The van der Waals surface area contributed by atoms with Gasteiger partial charge in [-0.25, -0.2) is 8.78 Å². The van der Waals surface area contributed by atoms with Gasteiger partial charge in [-0.1, -0.05) is 0 Å². The van der Waals surface area contributed by atoms with Gasteiger partial charge in [0.25, 0.3) is 5.91 Å². The van der Waals surface area contributed by atoms with Crippen molar-refractivity contribution in [2.24, 2.45) is 0 Å². The van der Waals surface area contributed by atoms with Crippen molar-refractivity contribution in [2.75, 3.05) is 13.2 Å². The van der Waals surface area contributed by atoms with Gasteiger partial charge in [0.2, 0.25) is 0 Å². The van der Waals surface area contributed by atoms with Crippen LogP contribution in [0.3, 0.4) is 0 Å². The number of halogens is 2. The van der Waals surface area contributed by atoms with E-state index in [1.807, 2.05) is 0 Å². The summed E-state index contributed by atoms with van der Waals surface area (Å²) >= 11 is 0. The molecular formula is C14H17F2NO2. The minimum atomic E-state index is -0.835. The Balaban J connectivity index is 2.17. The van der Waals surface area contributed by atoms with Gasteiger partial charge in [-0.05, 0) is 37.8 Å². The average Bonchev–Trinajstić information content (AvgIpc) is 2.31. The van der Waals surface area contributed by atoms with Gasteiger partial charge in [0.05, 0.1) is 5.56 Å². The molecule has 104 valence electrons. The molecule has 0 saturated heterocycles. The molecule has 0 radical (unpaired) electrons. The second kappa shape index (κ2) is 6.10. The van der Waals surface area contributed by atoms with Crippen molar-refractivity contribution in [3.8, 4) is 0 Å². The van der Waals surface area contributed by atoms with Crippen LogP contribution >= 0.6 is 0 Å². The van der Waals surface area contributed by atoms with Gasteiger partial charge in [0.1, 0.15) is 11.6 Å². The molecule has 1 aliphatic rings. The summed E-state index contributed by atoms with van der Waals surface area (Å²) in [6, 6.07) is 3.10. The Bertz CT molecular complexity index is 461. The first-order chi connectivity index (χ1) is 9.13. The molecule has 0 aromatic heterocycles. The number of amides is 1. The summed E-state index contributed by atoms with van der Waals surface area (Å²) in [5, 5.41) is 8.87. The highest BCUT2D eigenvalue weighted by molar-refractivity contribution is 5.94. The molecule has 19 heavy (non-hydrogen) atoms. The third-order valence-corrected chi connectivity index (χ3v) is 3.50. The molecule has 1 N–H and O–H groups in total. The molecule has 5 heteroatoms. The van der Waals surface area contributed by atoms with Gasteiger partial charge in [-0.15, -0.1) is 0 Å². The maximum absolute atomic E-state index is 13.6. The first-order valence-corrected chi connectivity index (χ1v) is 6.50. The minimum absolute atomic E-state index is 0.0115. The molecule has 1 amide bonds. The molecular weight excluding hydrogens is 252 g/mol. The van der Waals surface area contributed by atoms with Crippen LogP contribution in [0.1, 0.15) is 36.0 Å². The molecule has 0 aliphatic heterocycles. The highest BCUT2D eigenvalue weighted by Gasteiger charge is 2.30. The monoisotopic (exact) mass is 269 g/mol. The summed E-state index contributed by atoms with van der Waals surface area (Å²) in [4.78, 5) is 13.9. The van der Waals surface area contributed by atoms with E-state index >= 15 is 0 Å². The fourth-order valence-electron chi connectivity index (χ4n) is 2.21. The van der Waals surface area contributed by atoms with Crippen molar-refractivity contribution in [1.82, 2.24) is 4.90 Å². The zero-order chi connectivity index (χ0) is 13.8. The predicted molar refractivity (Wildman–Crippen MR) is 66.7 cm³/mol. The lowest BCUT2D eigenvalue weighted by molar-refractivity contribution is 0.0558. The topological polar surface area (TPSA) is 40.5 Å². The molecule has 1 aliphatic carbocycles. The molecule has 2 rings (SSSR count). The number of rotatable bonds is 5. The number of carbonyl (C=O) groups is 1. The summed E-state index contributed by atoms with van der Waals surface area (Å²) in [6.07, 6.45) is 3.32. The van der Waals surface area contributed by atoms with Gasteiger partial charge >= 0.3 is 0 Å². The zero-order valence-corrected chi connectivity index (χ0v) is 10.6. The standard InChI is InChI=1S/C14H17F2NO2/c15-10-5-6-12(13(16)9-10)14(19)17(7-2-8-18)11-3-1-4-11/h5-6,9,11,18H,1-4,7-8H2. The van der Waals surface area contributed by atoms with E-state index in [1.165, 1.54) is 6.07 Å². The Labute approximate surface area is 110 Å². The van der Waals surface area contributed by atoms with Crippen LogP contribution in [0.25, 0.3) is 0 Å². The van der Waals surface area contributed by atoms with E-state index in [4.69, 9.17) is 5.11 Å². The molecule has 0 spiro atoms. The Morgan fingerprint density at radius 3 is 2.63 bits per heavy atom. The Hall–Kier alpha value is -1.49. The van der Waals surface area contributed by atoms with Crippen molar-refractivity contribution in [2.45, 2.75) is 31.7 Å².